The van der Waals surface area contributed by atoms with Gasteiger partial charge < -0.3 is 24.1 Å². The number of anilines is 1. The van der Waals surface area contributed by atoms with Crippen molar-refractivity contribution in [3.05, 3.63) is 150 Å². The molecule has 0 saturated heterocycles. The number of para-hydroxylation sites is 1. The maximum atomic E-state index is 13.6. The summed E-state index contributed by atoms with van der Waals surface area (Å²) in [6.45, 7) is 1.13. The molecule has 1 aromatic heterocycles. The van der Waals surface area contributed by atoms with Crippen molar-refractivity contribution < 1.29 is 18.7 Å². The fraction of sp³-hybridized carbons (Fsp3) is 0.121. The van der Waals surface area contributed by atoms with Crippen molar-refractivity contribution >= 4 is 11.6 Å². The maximum absolute atomic E-state index is 13.6. The zero-order valence-corrected chi connectivity index (χ0v) is 21.3. The van der Waals surface area contributed by atoms with E-state index in [2.05, 4.69) is 5.32 Å². The Morgan fingerprint density at radius 2 is 1.38 bits per heavy atom. The topological polar surface area (TPSA) is 63.9 Å². The second-order valence-corrected chi connectivity index (χ2v) is 9.36. The van der Waals surface area contributed by atoms with E-state index in [1.807, 2.05) is 115 Å². The third-order valence-corrected chi connectivity index (χ3v) is 6.69. The van der Waals surface area contributed by atoms with Crippen LogP contribution in [0.15, 0.2) is 126 Å². The number of benzene rings is 4. The number of furan rings is 1. The van der Waals surface area contributed by atoms with Gasteiger partial charge in [-0.15, -0.1) is 0 Å². The minimum atomic E-state index is -0.431. The van der Waals surface area contributed by atoms with E-state index in [9.17, 15) is 4.79 Å². The molecule has 5 aromatic rings. The van der Waals surface area contributed by atoms with E-state index in [0.29, 0.717) is 42.6 Å². The van der Waals surface area contributed by atoms with Gasteiger partial charge in [-0.25, -0.2) is 0 Å². The number of amides is 1. The van der Waals surface area contributed by atoms with Crippen molar-refractivity contribution in [2.24, 2.45) is 0 Å². The quantitative estimate of drug-likeness (QED) is 0.224. The Hall–Kier alpha value is -4.97. The summed E-state index contributed by atoms with van der Waals surface area (Å²) >= 11 is 0. The highest BCUT2D eigenvalue weighted by molar-refractivity contribution is 6.01. The summed E-state index contributed by atoms with van der Waals surface area (Å²) in [7, 11) is 0. The molecule has 4 aromatic carbocycles. The lowest BCUT2D eigenvalue weighted by molar-refractivity contribution is 0.0651. The molecule has 194 valence electrons. The molecule has 0 fully saturated rings. The van der Waals surface area contributed by atoms with Crippen LogP contribution in [0, 0.1) is 0 Å². The van der Waals surface area contributed by atoms with Crippen LogP contribution in [0.3, 0.4) is 0 Å². The first-order chi connectivity index (χ1) is 19.2. The van der Waals surface area contributed by atoms with Gasteiger partial charge in [0.2, 0.25) is 0 Å². The van der Waals surface area contributed by atoms with Crippen LogP contribution in [0.4, 0.5) is 5.69 Å². The Labute approximate surface area is 227 Å². The van der Waals surface area contributed by atoms with E-state index in [1.165, 1.54) is 0 Å². The van der Waals surface area contributed by atoms with Crippen LogP contribution in [-0.2, 0) is 19.8 Å². The molecule has 1 N–H and O–H groups in total. The Kier molecular flexibility index (Phi) is 6.99. The maximum Gasteiger partial charge on any atom is 0.258 e. The second kappa shape index (κ2) is 11.2. The summed E-state index contributed by atoms with van der Waals surface area (Å²) in [5, 5.41) is 3.55. The van der Waals surface area contributed by atoms with Gasteiger partial charge >= 0.3 is 0 Å². The lowest BCUT2D eigenvalue weighted by Crippen LogP contribution is -2.42. The summed E-state index contributed by atoms with van der Waals surface area (Å²) in [4.78, 5) is 15.4. The summed E-state index contributed by atoms with van der Waals surface area (Å²) in [6.07, 6.45) is 1.19. The van der Waals surface area contributed by atoms with E-state index in [0.717, 1.165) is 22.4 Å². The third-order valence-electron chi connectivity index (χ3n) is 6.69. The zero-order valence-electron chi connectivity index (χ0n) is 21.3. The van der Waals surface area contributed by atoms with Gasteiger partial charge in [0.25, 0.3) is 5.91 Å². The van der Waals surface area contributed by atoms with Crippen molar-refractivity contribution in [3.63, 3.8) is 0 Å². The number of hydrogen-bond acceptors (Lipinski definition) is 5. The van der Waals surface area contributed by atoms with Crippen LogP contribution in [0.25, 0.3) is 0 Å². The molecule has 1 aliphatic rings. The molecule has 1 aliphatic heterocycles. The lowest BCUT2D eigenvalue weighted by Gasteiger charge is -2.38. The van der Waals surface area contributed by atoms with Gasteiger partial charge in [0.1, 0.15) is 25.1 Å². The molecule has 2 heterocycles. The zero-order chi connectivity index (χ0) is 26.4. The third kappa shape index (κ3) is 5.50. The Balaban J connectivity index is 1.34. The predicted molar refractivity (Wildman–Crippen MR) is 149 cm³/mol. The first-order valence-electron chi connectivity index (χ1n) is 12.9. The Bertz CT molecular complexity index is 1540. The monoisotopic (exact) mass is 516 g/mol. The van der Waals surface area contributed by atoms with Gasteiger partial charge in [0, 0.05) is 5.69 Å². The van der Waals surface area contributed by atoms with Gasteiger partial charge in [0.05, 0.1) is 18.4 Å². The molecule has 6 heteroatoms. The fourth-order valence-corrected chi connectivity index (χ4v) is 4.69. The summed E-state index contributed by atoms with van der Waals surface area (Å²) in [5.74, 6) is 1.89. The number of hydrogen-bond donors (Lipinski definition) is 1. The molecule has 6 nitrogen and oxygen atoms in total. The van der Waals surface area contributed by atoms with Crippen LogP contribution < -0.4 is 14.8 Å². The van der Waals surface area contributed by atoms with Crippen molar-refractivity contribution in [3.8, 4) is 11.5 Å². The molecule has 0 unspecified atom stereocenters. The van der Waals surface area contributed by atoms with E-state index >= 15 is 0 Å². The minimum absolute atomic E-state index is 0.0677. The molecule has 0 spiro atoms. The highest BCUT2D eigenvalue weighted by atomic mass is 16.5. The molecule has 1 amide bonds. The molecule has 6 rings (SSSR count). The van der Waals surface area contributed by atoms with Crippen LogP contribution in [0.5, 0.6) is 11.5 Å². The number of rotatable bonds is 9. The molecular weight excluding hydrogens is 488 g/mol. The summed E-state index contributed by atoms with van der Waals surface area (Å²) in [6, 6.07) is 37.1. The number of nitrogens with one attached hydrogen (secondary N) is 1. The van der Waals surface area contributed by atoms with Crippen molar-refractivity contribution in [1.29, 1.82) is 0 Å². The summed E-state index contributed by atoms with van der Waals surface area (Å²) < 4.78 is 18.1. The Morgan fingerprint density at radius 1 is 0.718 bits per heavy atom. The van der Waals surface area contributed by atoms with Crippen LogP contribution in [0.2, 0.25) is 0 Å². The smallest absolute Gasteiger partial charge is 0.258 e. The van der Waals surface area contributed by atoms with Crippen molar-refractivity contribution in [1.82, 2.24) is 4.90 Å². The average Bonchev–Trinajstić information content (AvgIpc) is 3.51. The largest absolute Gasteiger partial charge is 0.485 e. The van der Waals surface area contributed by atoms with Gasteiger partial charge in [-0.1, -0.05) is 78.9 Å². The van der Waals surface area contributed by atoms with Gasteiger partial charge in [-0.2, -0.15) is 0 Å². The minimum Gasteiger partial charge on any atom is -0.485 e. The highest BCUT2D eigenvalue weighted by Gasteiger charge is 2.34. The predicted octanol–water partition coefficient (Wildman–Crippen LogP) is 7.20. The SMILES string of the molecule is O=C1c2ccccc2N[C@@H](c2ccc(OCc3ccccc3)c(OCc3ccccc3)c2)N1Cc1ccco1. The molecule has 1 atom stereocenters. The van der Waals surface area contributed by atoms with Crippen LogP contribution in [0.1, 0.15) is 39.0 Å². The summed E-state index contributed by atoms with van der Waals surface area (Å²) in [5.41, 5.74) is 4.41. The molecular formula is C33H28N2O4. The highest BCUT2D eigenvalue weighted by Crippen LogP contribution is 2.38. The van der Waals surface area contributed by atoms with Gasteiger partial charge in [0.15, 0.2) is 11.5 Å². The van der Waals surface area contributed by atoms with E-state index in [4.69, 9.17) is 13.9 Å². The number of carbonyl (C=O) groups is 1. The normalized spacial score (nSPS) is 14.4. The first-order valence-corrected chi connectivity index (χ1v) is 12.9. The first kappa shape index (κ1) is 24.4. The van der Waals surface area contributed by atoms with Gasteiger partial charge in [-0.05, 0) is 53.1 Å². The number of fused-ring (bicyclic) bond motifs is 1. The molecule has 0 bridgehead atoms. The van der Waals surface area contributed by atoms with E-state index < -0.39 is 6.17 Å². The van der Waals surface area contributed by atoms with E-state index in [1.54, 1.807) is 11.2 Å². The van der Waals surface area contributed by atoms with Crippen molar-refractivity contribution in [2.45, 2.75) is 25.9 Å². The van der Waals surface area contributed by atoms with Gasteiger partial charge in [-0.3, -0.25) is 4.79 Å². The fourth-order valence-electron chi connectivity index (χ4n) is 4.69. The van der Waals surface area contributed by atoms with Crippen LogP contribution in [-0.4, -0.2) is 10.8 Å². The Morgan fingerprint density at radius 3 is 2.08 bits per heavy atom. The lowest BCUT2D eigenvalue weighted by atomic mass is 10.0. The average molecular weight is 517 g/mol. The van der Waals surface area contributed by atoms with Crippen LogP contribution >= 0.6 is 0 Å². The number of nitrogens with zero attached hydrogens (tertiary/aromatic N) is 1. The molecule has 0 aliphatic carbocycles. The number of ether oxygens (including phenoxy) is 2. The van der Waals surface area contributed by atoms with E-state index in [-0.39, 0.29) is 5.91 Å². The second-order valence-electron chi connectivity index (χ2n) is 9.36. The molecule has 39 heavy (non-hydrogen) atoms. The standard InChI is InChI=1S/C33H28N2O4/c36-33-28-15-7-8-16-29(28)34-32(35(33)21-27-14-9-19-37-27)26-17-18-30(38-22-24-10-3-1-4-11-24)31(20-26)39-23-25-12-5-2-6-13-25/h1-20,32,34H,21-23H2/t32-/m1/s1. The molecule has 0 saturated carbocycles. The number of carbonyl (C=O) groups excluding carboxylic acids is 1. The molecule has 0 radical (unpaired) electrons. The van der Waals surface area contributed by atoms with Crippen molar-refractivity contribution in [2.75, 3.05) is 5.32 Å².